The van der Waals surface area contributed by atoms with Crippen LogP contribution in [0, 0.1) is 0 Å². The summed E-state index contributed by atoms with van der Waals surface area (Å²) in [7, 11) is 0. The topological polar surface area (TPSA) is 117 Å². The van der Waals surface area contributed by atoms with Gasteiger partial charge in [0.1, 0.15) is 11.6 Å². The van der Waals surface area contributed by atoms with Crippen molar-refractivity contribution in [2.24, 2.45) is 5.10 Å². The van der Waals surface area contributed by atoms with Gasteiger partial charge >= 0.3 is 6.36 Å². The molecule has 1 aromatic heterocycles. The lowest BCUT2D eigenvalue weighted by atomic mass is 10.1. The lowest BCUT2D eigenvalue weighted by Crippen LogP contribution is -2.43. The maximum Gasteiger partial charge on any atom is 0.573 e. The van der Waals surface area contributed by atoms with Gasteiger partial charge in [0.2, 0.25) is 5.96 Å². The van der Waals surface area contributed by atoms with Gasteiger partial charge in [-0.2, -0.15) is 5.10 Å². The van der Waals surface area contributed by atoms with Crippen molar-refractivity contribution in [3.8, 4) is 22.7 Å². The fourth-order valence-electron chi connectivity index (χ4n) is 3.59. The normalized spacial score (nSPS) is 12.8. The first-order chi connectivity index (χ1) is 18.6. The van der Waals surface area contributed by atoms with E-state index in [1.165, 1.54) is 28.9 Å². The van der Waals surface area contributed by atoms with E-state index in [2.05, 4.69) is 42.1 Å². The summed E-state index contributed by atoms with van der Waals surface area (Å²) in [6, 6.07) is 18.5. The first kappa shape index (κ1) is 26.2. The number of hydrogen-bond donors (Lipinski definition) is 5. The summed E-state index contributed by atoms with van der Waals surface area (Å²) in [6.45, 7) is 0. The molecule has 5 N–H and O–H groups in total. The summed E-state index contributed by atoms with van der Waals surface area (Å²) >= 11 is 12.3. The van der Waals surface area contributed by atoms with Crippen molar-refractivity contribution in [1.82, 2.24) is 31.6 Å². The Balaban J connectivity index is 1.44. The Labute approximate surface area is 228 Å². The van der Waals surface area contributed by atoms with Gasteiger partial charge in [0, 0.05) is 32.9 Å². The van der Waals surface area contributed by atoms with Crippen LogP contribution in [0.15, 0.2) is 77.9 Å². The van der Waals surface area contributed by atoms with Crippen LogP contribution in [0.3, 0.4) is 0 Å². The smallest absolute Gasteiger partial charge is 0.406 e. The molecule has 2 heterocycles. The van der Waals surface area contributed by atoms with Gasteiger partial charge in [0.15, 0.2) is 0 Å². The molecule has 0 radical (unpaired) electrons. The summed E-state index contributed by atoms with van der Waals surface area (Å²) in [5.74, 6) is -0.0607. The van der Waals surface area contributed by atoms with E-state index < -0.39 is 6.36 Å². The zero-order valence-corrected chi connectivity index (χ0v) is 21.0. The van der Waals surface area contributed by atoms with Gasteiger partial charge in [0.25, 0.3) is 5.91 Å². The Bertz CT molecular complexity index is 1520. The summed E-state index contributed by atoms with van der Waals surface area (Å²) in [6.07, 6.45) is -4.81. The van der Waals surface area contributed by atoms with Crippen molar-refractivity contribution < 1.29 is 22.7 Å². The molecule has 5 rings (SSSR count). The van der Waals surface area contributed by atoms with E-state index in [-0.39, 0.29) is 17.6 Å². The van der Waals surface area contributed by atoms with Crippen LogP contribution in [-0.2, 0) is 0 Å². The Kier molecular flexibility index (Phi) is 7.19. The van der Waals surface area contributed by atoms with Crippen molar-refractivity contribution in [3.05, 3.63) is 88.4 Å². The summed E-state index contributed by atoms with van der Waals surface area (Å²) < 4.78 is 43.3. The third-order valence-corrected chi connectivity index (χ3v) is 5.67. The highest BCUT2D eigenvalue weighted by Gasteiger charge is 2.31. The van der Waals surface area contributed by atoms with Gasteiger partial charge in [-0.1, -0.05) is 23.2 Å². The average molecular weight is 577 g/mol. The Morgan fingerprint density at radius 2 is 1.64 bits per heavy atom. The molecule has 0 fully saturated rings. The number of amides is 1. The number of halogens is 5. The number of carbonyl (C=O) groups excluding carboxylic acids is 1. The molecule has 0 spiro atoms. The number of guanidine groups is 1. The molecule has 0 saturated heterocycles. The van der Waals surface area contributed by atoms with Crippen LogP contribution >= 0.6 is 23.2 Å². The molecule has 3 aromatic carbocycles. The molecular formula is C24H17Cl2F3N8O2. The van der Waals surface area contributed by atoms with Crippen LogP contribution in [0.4, 0.5) is 24.7 Å². The number of hydrogen-bond acceptors (Lipinski definition) is 8. The number of hydrazine groups is 2. The first-order valence-corrected chi connectivity index (χ1v) is 11.8. The van der Waals surface area contributed by atoms with Crippen molar-refractivity contribution in [3.63, 3.8) is 0 Å². The number of alkyl halides is 3. The molecular weight excluding hydrogens is 560 g/mol. The highest BCUT2D eigenvalue weighted by atomic mass is 35.5. The van der Waals surface area contributed by atoms with Gasteiger partial charge in [-0.25, -0.2) is 10.2 Å². The Morgan fingerprint density at radius 1 is 0.949 bits per heavy atom. The second kappa shape index (κ2) is 10.7. The van der Waals surface area contributed by atoms with Gasteiger partial charge < -0.3 is 10.1 Å². The fraction of sp³-hybridized carbons (Fsp3) is 0.0417. The predicted octanol–water partition coefficient (Wildman–Crippen LogP) is 5.10. The fourth-order valence-corrected chi connectivity index (χ4v) is 4.12. The maximum atomic E-state index is 12.6. The van der Waals surface area contributed by atoms with Crippen LogP contribution in [0.25, 0.3) is 16.9 Å². The third-order valence-electron chi connectivity index (χ3n) is 5.24. The maximum absolute atomic E-state index is 12.6. The molecule has 4 aromatic rings. The minimum absolute atomic E-state index is 0.214. The van der Waals surface area contributed by atoms with Crippen LogP contribution in [0.5, 0.6) is 5.75 Å². The summed E-state index contributed by atoms with van der Waals surface area (Å²) in [4.78, 5) is 12.4. The second-order valence-electron chi connectivity index (χ2n) is 8.01. The summed E-state index contributed by atoms with van der Waals surface area (Å²) in [5.41, 5.74) is 10.1. The van der Waals surface area contributed by atoms with E-state index in [9.17, 15) is 18.0 Å². The molecule has 0 atom stereocenters. The monoisotopic (exact) mass is 576 g/mol. The Hall–Kier alpha value is -4.46. The lowest BCUT2D eigenvalue weighted by molar-refractivity contribution is -0.274. The van der Waals surface area contributed by atoms with Crippen LogP contribution in [0.2, 0.25) is 10.0 Å². The van der Waals surface area contributed by atoms with Crippen molar-refractivity contribution in [1.29, 1.82) is 0 Å². The third kappa shape index (κ3) is 6.52. The quantitative estimate of drug-likeness (QED) is 0.217. The number of nitrogens with zero attached hydrogens (tertiary/aromatic N) is 3. The second-order valence-corrected chi connectivity index (χ2v) is 8.88. The molecule has 1 amide bonds. The SMILES string of the molecule is O=C(NC1=NNNN1)c1ccc(Nc2cc(-c3cc(Cl)cc(Cl)c3)nn2-c2ccc(OC(F)(F)F)cc2)cc1. The van der Waals surface area contributed by atoms with Crippen molar-refractivity contribution in [2.45, 2.75) is 6.36 Å². The minimum Gasteiger partial charge on any atom is -0.406 e. The zero-order valence-electron chi connectivity index (χ0n) is 19.5. The molecule has 0 bridgehead atoms. The van der Waals surface area contributed by atoms with Crippen LogP contribution < -0.4 is 31.9 Å². The minimum atomic E-state index is -4.81. The molecule has 0 saturated carbocycles. The molecule has 0 aliphatic carbocycles. The molecule has 10 nitrogen and oxygen atoms in total. The van der Waals surface area contributed by atoms with Gasteiger partial charge in [-0.05, 0) is 66.7 Å². The van der Waals surface area contributed by atoms with E-state index in [1.807, 2.05) is 0 Å². The molecule has 0 unspecified atom stereocenters. The molecule has 1 aliphatic heterocycles. The standard InChI is InChI=1S/C24H17Cl2F3N8O2/c25-15-9-14(10-16(26)11-15)20-12-21(37(34-20)18-5-7-19(8-6-18)39-24(27,28)29)30-17-3-1-13(2-4-17)22(38)31-23-32-35-36-33-23/h1-12,30,35-36H,(H2,31,32,33,38). The number of nitrogens with one attached hydrogen (secondary N) is 5. The molecule has 1 aliphatic rings. The molecule has 200 valence electrons. The first-order valence-electron chi connectivity index (χ1n) is 11.1. The van der Waals surface area contributed by atoms with E-state index in [4.69, 9.17) is 23.2 Å². The van der Waals surface area contributed by atoms with E-state index in [0.29, 0.717) is 44.1 Å². The lowest BCUT2D eigenvalue weighted by Gasteiger charge is -2.12. The Morgan fingerprint density at radius 3 is 2.26 bits per heavy atom. The number of ether oxygens (including phenoxy) is 1. The number of anilines is 2. The van der Waals surface area contributed by atoms with E-state index in [1.54, 1.807) is 48.5 Å². The highest BCUT2D eigenvalue weighted by molar-refractivity contribution is 6.35. The number of carbonyl (C=O) groups is 1. The van der Waals surface area contributed by atoms with E-state index in [0.717, 1.165) is 0 Å². The average Bonchev–Trinajstić information content (AvgIpc) is 3.54. The van der Waals surface area contributed by atoms with E-state index >= 15 is 0 Å². The largest absolute Gasteiger partial charge is 0.573 e. The number of hydrazone groups is 1. The number of rotatable bonds is 6. The predicted molar refractivity (Wildman–Crippen MR) is 140 cm³/mol. The summed E-state index contributed by atoms with van der Waals surface area (Å²) in [5, 5.41) is 15.0. The van der Waals surface area contributed by atoms with Crippen LogP contribution in [0.1, 0.15) is 10.4 Å². The number of aromatic nitrogens is 2. The molecule has 15 heteroatoms. The van der Waals surface area contributed by atoms with Gasteiger partial charge in [-0.15, -0.1) is 23.8 Å². The molecule has 39 heavy (non-hydrogen) atoms. The van der Waals surface area contributed by atoms with Crippen molar-refractivity contribution in [2.75, 3.05) is 5.32 Å². The van der Waals surface area contributed by atoms with Crippen molar-refractivity contribution >= 4 is 46.6 Å². The van der Waals surface area contributed by atoms with Crippen LogP contribution in [-0.4, -0.2) is 28.0 Å². The number of benzene rings is 3. The van der Waals surface area contributed by atoms with Gasteiger partial charge in [-0.3, -0.25) is 15.5 Å². The zero-order chi connectivity index (χ0) is 27.6. The van der Waals surface area contributed by atoms with Gasteiger partial charge in [0.05, 0.1) is 11.4 Å². The highest BCUT2D eigenvalue weighted by Crippen LogP contribution is 2.32.